The van der Waals surface area contributed by atoms with Gasteiger partial charge in [-0.05, 0) is 5.21 Å². The summed E-state index contributed by atoms with van der Waals surface area (Å²) in [4.78, 5) is 21.7. The number of aromatic amines is 1. The van der Waals surface area contributed by atoms with Crippen LogP contribution in [0.3, 0.4) is 0 Å². The second-order valence-corrected chi connectivity index (χ2v) is 2.26. The fourth-order valence-corrected chi connectivity index (χ4v) is 0.635. The molecule has 14 heavy (non-hydrogen) atoms. The van der Waals surface area contributed by atoms with Gasteiger partial charge < -0.3 is 11.1 Å². The molecule has 0 spiro atoms. The first-order chi connectivity index (χ1) is 6.72. The standard InChI is InChI=1S/C5H9N7O2/c6-1-3(13)7-2-4(14)8-5-9-11-12-10-5/h1-2,6H2,(H,7,13)(H2,8,9,10,11,12,14). The number of hydrogen-bond acceptors (Lipinski definition) is 6. The number of anilines is 1. The summed E-state index contributed by atoms with van der Waals surface area (Å²) in [6, 6.07) is 0. The van der Waals surface area contributed by atoms with E-state index in [0.717, 1.165) is 0 Å². The van der Waals surface area contributed by atoms with Gasteiger partial charge in [0.2, 0.25) is 11.8 Å². The Kier molecular flexibility index (Phi) is 3.49. The summed E-state index contributed by atoms with van der Waals surface area (Å²) in [7, 11) is 0. The summed E-state index contributed by atoms with van der Waals surface area (Å²) in [6.45, 7) is -0.333. The summed E-state index contributed by atoms with van der Waals surface area (Å²) in [6.07, 6.45) is 0. The normalized spacial score (nSPS) is 9.50. The third-order valence-corrected chi connectivity index (χ3v) is 1.23. The van der Waals surface area contributed by atoms with Crippen LogP contribution >= 0.6 is 0 Å². The largest absolute Gasteiger partial charge is 0.346 e. The summed E-state index contributed by atoms with van der Waals surface area (Å²) in [5.74, 6) is -0.807. The molecule has 76 valence electrons. The van der Waals surface area contributed by atoms with Gasteiger partial charge >= 0.3 is 0 Å². The Morgan fingerprint density at radius 3 is 2.79 bits per heavy atom. The molecular formula is C5H9N7O2. The summed E-state index contributed by atoms with van der Waals surface area (Å²) in [5, 5.41) is 16.9. The fraction of sp³-hybridized carbons (Fsp3) is 0.400. The molecule has 0 atom stereocenters. The van der Waals surface area contributed by atoms with E-state index in [4.69, 9.17) is 5.73 Å². The number of rotatable bonds is 4. The average Bonchev–Trinajstić information content (AvgIpc) is 2.66. The van der Waals surface area contributed by atoms with E-state index in [1.54, 1.807) is 0 Å². The van der Waals surface area contributed by atoms with Crippen LogP contribution in [-0.2, 0) is 9.59 Å². The molecule has 1 aromatic heterocycles. The van der Waals surface area contributed by atoms with E-state index in [-0.39, 0.29) is 19.0 Å². The van der Waals surface area contributed by atoms with Crippen molar-refractivity contribution in [3.8, 4) is 0 Å². The van der Waals surface area contributed by atoms with E-state index in [9.17, 15) is 9.59 Å². The maximum atomic E-state index is 11.0. The molecule has 5 N–H and O–H groups in total. The molecule has 0 aliphatic carbocycles. The van der Waals surface area contributed by atoms with Crippen molar-refractivity contribution >= 4 is 17.8 Å². The van der Waals surface area contributed by atoms with Gasteiger partial charge in [-0.1, -0.05) is 5.10 Å². The number of hydrogen-bond donors (Lipinski definition) is 4. The van der Waals surface area contributed by atoms with Crippen molar-refractivity contribution in [1.29, 1.82) is 0 Å². The molecule has 9 nitrogen and oxygen atoms in total. The SMILES string of the molecule is NCC(=O)NCC(=O)Nc1nn[nH]n1. The van der Waals surface area contributed by atoms with Crippen LogP contribution in [0.15, 0.2) is 0 Å². The van der Waals surface area contributed by atoms with Gasteiger partial charge in [-0.25, -0.2) is 0 Å². The number of nitrogens with one attached hydrogen (secondary N) is 3. The number of tetrazole rings is 1. The van der Waals surface area contributed by atoms with Crippen molar-refractivity contribution in [3.63, 3.8) is 0 Å². The van der Waals surface area contributed by atoms with Gasteiger partial charge in [-0.3, -0.25) is 14.9 Å². The van der Waals surface area contributed by atoms with Crippen LogP contribution in [0.25, 0.3) is 0 Å². The zero-order valence-electron chi connectivity index (χ0n) is 7.15. The second kappa shape index (κ2) is 4.87. The Bertz CT molecular complexity index is 308. The highest BCUT2D eigenvalue weighted by molar-refractivity contribution is 5.93. The zero-order chi connectivity index (χ0) is 10.4. The lowest BCUT2D eigenvalue weighted by molar-refractivity contribution is -0.123. The molecule has 0 saturated carbocycles. The predicted octanol–water partition coefficient (Wildman–Crippen LogP) is -2.79. The van der Waals surface area contributed by atoms with Crippen LogP contribution in [0.2, 0.25) is 0 Å². The number of nitrogens with two attached hydrogens (primary N) is 1. The number of carbonyl (C=O) groups excluding carboxylic acids is 2. The van der Waals surface area contributed by atoms with E-state index in [1.165, 1.54) is 0 Å². The second-order valence-electron chi connectivity index (χ2n) is 2.26. The molecule has 9 heteroatoms. The Labute approximate surface area is 78.4 Å². The fourth-order valence-electron chi connectivity index (χ4n) is 0.635. The maximum absolute atomic E-state index is 11.0. The molecular weight excluding hydrogens is 190 g/mol. The highest BCUT2D eigenvalue weighted by Gasteiger charge is 2.06. The van der Waals surface area contributed by atoms with Crippen molar-refractivity contribution < 1.29 is 9.59 Å². The van der Waals surface area contributed by atoms with Crippen molar-refractivity contribution in [3.05, 3.63) is 0 Å². The van der Waals surface area contributed by atoms with Crippen LogP contribution in [-0.4, -0.2) is 45.5 Å². The van der Waals surface area contributed by atoms with Crippen LogP contribution in [0.1, 0.15) is 0 Å². The zero-order valence-corrected chi connectivity index (χ0v) is 7.15. The summed E-state index contributed by atoms with van der Waals surface area (Å²) < 4.78 is 0. The van der Waals surface area contributed by atoms with Crippen LogP contribution < -0.4 is 16.4 Å². The molecule has 0 aliphatic rings. The van der Waals surface area contributed by atoms with Crippen molar-refractivity contribution in [2.24, 2.45) is 5.73 Å². The molecule has 1 aromatic rings. The first-order valence-electron chi connectivity index (χ1n) is 3.72. The minimum Gasteiger partial charge on any atom is -0.346 e. The molecule has 0 fully saturated rings. The Balaban J connectivity index is 2.26. The lowest BCUT2D eigenvalue weighted by Crippen LogP contribution is -2.36. The van der Waals surface area contributed by atoms with Crippen LogP contribution in [0.4, 0.5) is 5.95 Å². The van der Waals surface area contributed by atoms with E-state index in [1.807, 2.05) is 0 Å². The monoisotopic (exact) mass is 199 g/mol. The number of nitrogens with zero attached hydrogens (tertiary/aromatic N) is 3. The molecule has 0 unspecified atom stereocenters. The number of amides is 2. The van der Waals surface area contributed by atoms with E-state index in [0.29, 0.717) is 0 Å². The molecule has 0 saturated heterocycles. The predicted molar refractivity (Wildman–Crippen MR) is 44.9 cm³/mol. The lowest BCUT2D eigenvalue weighted by Gasteiger charge is -2.01. The van der Waals surface area contributed by atoms with E-state index >= 15 is 0 Å². The van der Waals surface area contributed by atoms with Crippen molar-refractivity contribution in [2.75, 3.05) is 18.4 Å². The van der Waals surface area contributed by atoms with Crippen LogP contribution in [0.5, 0.6) is 0 Å². The molecule has 1 heterocycles. The maximum Gasteiger partial charge on any atom is 0.269 e. The molecule has 0 aromatic carbocycles. The molecule has 0 aliphatic heterocycles. The Morgan fingerprint density at radius 1 is 1.43 bits per heavy atom. The highest BCUT2D eigenvalue weighted by Crippen LogP contribution is 1.88. The van der Waals surface area contributed by atoms with Gasteiger partial charge in [-0.2, -0.15) is 5.21 Å². The van der Waals surface area contributed by atoms with Gasteiger partial charge in [0.05, 0.1) is 13.1 Å². The average molecular weight is 199 g/mol. The van der Waals surface area contributed by atoms with Crippen molar-refractivity contribution in [2.45, 2.75) is 0 Å². The van der Waals surface area contributed by atoms with Crippen LogP contribution in [0, 0.1) is 0 Å². The summed E-state index contributed by atoms with van der Waals surface area (Å²) in [5.41, 5.74) is 5.01. The highest BCUT2D eigenvalue weighted by atomic mass is 16.2. The Morgan fingerprint density at radius 2 is 2.21 bits per heavy atom. The topological polar surface area (TPSA) is 139 Å². The number of aromatic nitrogens is 4. The van der Waals surface area contributed by atoms with Crippen molar-refractivity contribution in [1.82, 2.24) is 25.9 Å². The first kappa shape index (κ1) is 10.1. The van der Waals surface area contributed by atoms with Gasteiger partial charge in [-0.15, -0.1) is 5.10 Å². The first-order valence-corrected chi connectivity index (χ1v) is 3.72. The Hall–Kier alpha value is -2.03. The third kappa shape index (κ3) is 3.15. The van der Waals surface area contributed by atoms with Gasteiger partial charge in [0.15, 0.2) is 0 Å². The third-order valence-electron chi connectivity index (χ3n) is 1.23. The lowest BCUT2D eigenvalue weighted by atomic mass is 10.5. The van der Waals surface area contributed by atoms with Gasteiger partial charge in [0, 0.05) is 0 Å². The summed E-state index contributed by atoms with van der Waals surface area (Å²) >= 11 is 0. The smallest absolute Gasteiger partial charge is 0.269 e. The minimum absolute atomic E-state index is 0.0528. The van der Waals surface area contributed by atoms with Gasteiger partial charge in [0.25, 0.3) is 5.95 Å². The van der Waals surface area contributed by atoms with Gasteiger partial charge in [0.1, 0.15) is 0 Å². The minimum atomic E-state index is -0.451. The number of H-pyrrole nitrogens is 1. The molecule has 0 radical (unpaired) electrons. The quantitative estimate of drug-likeness (QED) is 0.413. The molecule has 0 bridgehead atoms. The molecule has 1 rings (SSSR count). The van der Waals surface area contributed by atoms with E-state index in [2.05, 4.69) is 31.3 Å². The van der Waals surface area contributed by atoms with E-state index < -0.39 is 11.8 Å². The number of carbonyl (C=O) groups is 2. The molecule has 2 amide bonds.